The lowest BCUT2D eigenvalue weighted by atomic mass is 9.60. The average molecular weight is 236 g/mol. The van der Waals surface area contributed by atoms with Gasteiger partial charge in [-0.15, -0.1) is 0 Å². The van der Waals surface area contributed by atoms with Crippen molar-refractivity contribution in [3.8, 4) is 0 Å². The maximum atomic E-state index is 11.1. The molecule has 4 nitrogen and oxygen atoms in total. The lowest BCUT2D eigenvalue weighted by Crippen LogP contribution is -2.69. The van der Waals surface area contributed by atoms with Gasteiger partial charge in [-0.3, -0.25) is 9.80 Å². The van der Waals surface area contributed by atoms with Crippen molar-refractivity contribution in [2.75, 3.05) is 32.8 Å². The fourth-order valence-electron chi connectivity index (χ4n) is 4.04. The third kappa shape index (κ3) is 1.54. The molecule has 0 aliphatic carbocycles. The highest BCUT2D eigenvalue weighted by molar-refractivity contribution is 5.81. The molecule has 0 aromatic rings. The normalized spacial score (nSPS) is 45.8. The summed E-state index contributed by atoms with van der Waals surface area (Å²) in [6.45, 7) is 9.70. The molecule has 2 atom stereocenters. The third-order valence-corrected chi connectivity index (χ3v) is 4.77. The Kier molecular flexibility index (Phi) is 2.35. The van der Waals surface area contributed by atoms with Crippen LogP contribution in [0.5, 0.6) is 0 Å². The SMILES string of the molecule is CC(C)C12CN3CC(CN(C3)C1)/C2=C\C(=O)O. The summed E-state index contributed by atoms with van der Waals surface area (Å²) in [5.41, 5.74) is 1.28. The number of carbonyl (C=O) groups is 1. The Balaban J connectivity index is 2.05. The molecule has 1 N–H and O–H groups in total. The Hall–Kier alpha value is -0.870. The first kappa shape index (κ1) is 11.2. The van der Waals surface area contributed by atoms with E-state index in [9.17, 15) is 4.79 Å². The molecule has 4 aliphatic rings. The minimum Gasteiger partial charge on any atom is -0.478 e. The van der Waals surface area contributed by atoms with Crippen LogP contribution >= 0.6 is 0 Å². The van der Waals surface area contributed by atoms with Gasteiger partial charge in [0.05, 0.1) is 6.67 Å². The van der Waals surface area contributed by atoms with Gasteiger partial charge in [0.25, 0.3) is 0 Å². The predicted molar refractivity (Wildman–Crippen MR) is 64.5 cm³/mol. The van der Waals surface area contributed by atoms with Crippen molar-refractivity contribution in [2.24, 2.45) is 17.3 Å². The number of carboxylic acids is 1. The Bertz CT molecular complexity index is 375. The second kappa shape index (κ2) is 3.56. The van der Waals surface area contributed by atoms with Crippen LogP contribution < -0.4 is 0 Å². The van der Waals surface area contributed by atoms with Crippen LogP contribution in [0.3, 0.4) is 0 Å². The van der Waals surface area contributed by atoms with E-state index in [0.717, 1.165) is 32.8 Å². The summed E-state index contributed by atoms with van der Waals surface area (Å²) in [4.78, 5) is 16.0. The van der Waals surface area contributed by atoms with Gasteiger partial charge in [0.1, 0.15) is 0 Å². The summed E-state index contributed by atoms with van der Waals surface area (Å²) >= 11 is 0. The van der Waals surface area contributed by atoms with Crippen LogP contribution in [0.15, 0.2) is 11.6 Å². The molecular formula is C13H20N2O2. The van der Waals surface area contributed by atoms with Crippen LogP contribution in [0.1, 0.15) is 13.8 Å². The van der Waals surface area contributed by atoms with Gasteiger partial charge in [0, 0.05) is 43.6 Å². The molecule has 4 rings (SSSR count). The zero-order chi connectivity index (χ0) is 12.2. The summed E-state index contributed by atoms with van der Waals surface area (Å²) in [6.07, 6.45) is 1.50. The molecule has 0 amide bonds. The molecule has 0 spiro atoms. The second-order valence-corrected chi connectivity index (χ2v) is 6.11. The van der Waals surface area contributed by atoms with E-state index < -0.39 is 5.97 Å². The van der Waals surface area contributed by atoms with Gasteiger partial charge in [-0.1, -0.05) is 13.8 Å². The molecule has 0 radical (unpaired) electrons. The van der Waals surface area contributed by atoms with Crippen LogP contribution in [0.2, 0.25) is 0 Å². The van der Waals surface area contributed by atoms with E-state index in [-0.39, 0.29) is 5.41 Å². The number of hydrogen-bond acceptors (Lipinski definition) is 3. The standard InChI is InChI=1S/C13H20N2O2/c1-9(2)13-6-14-4-10(5-15(7-13)8-14)11(13)3-12(16)17/h3,9-10H,4-8H2,1-2H3,(H,16,17)/b11-3+. The molecule has 4 bridgehead atoms. The number of carboxylic acid groups (broad SMARTS) is 1. The van der Waals surface area contributed by atoms with Crippen molar-refractivity contribution in [1.29, 1.82) is 0 Å². The van der Waals surface area contributed by atoms with E-state index in [0.29, 0.717) is 11.8 Å². The third-order valence-electron chi connectivity index (χ3n) is 4.77. The molecule has 2 unspecified atom stereocenters. The second-order valence-electron chi connectivity index (χ2n) is 6.11. The lowest BCUT2D eigenvalue weighted by Gasteiger charge is -2.62. The molecule has 17 heavy (non-hydrogen) atoms. The van der Waals surface area contributed by atoms with Crippen LogP contribution in [0.4, 0.5) is 0 Å². The first-order chi connectivity index (χ1) is 8.01. The van der Waals surface area contributed by atoms with Gasteiger partial charge >= 0.3 is 5.97 Å². The van der Waals surface area contributed by atoms with E-state index >= 15 is 0 Å². The summed E-state index contributed by atoms with van der Waals surface area (Å²) in [5.74, 6) is 0.156. The van der Waals surface area contributed by atoms with Crippen molar-refractivity contribution in [2.45, 2.75) is 13.8 Å². The van der Waals surface area contributed by atoms with Crippen molar-refractivity contribution in [1.82, 2.24) is 9.80 Å². The quantitative estimate of drug-likeness (QED) is 0.722. The number of nitrogens with zero attached hydrogens (tertiary/aromatic N) is 2. The van der Waals surface area contributed by atoms with Gasteiger partial charge in [0.15, 0.2) is 0 Å². The summed E-state index contributed by atoms with van der Waals surface area (Å²) < 4.78 is 0. The zero-order valence-corrected chi connectivity index (χ0v) is 10.5. The van der Waals surface area contributed by atoms with Crippen molar-refractivity contribution < 1.29 is 9.90 Å². The van der Waals surface area contributed by atoms with Crippen molar-refractivity contribution >= 4 is 5.97 Å². The number of rotatable bonds is 2. The Labute approximate surface area is 102 Å². The van der Waals surface area contributed by atoms with E-state index in [2.05, 4.69) is 23.6 Å². The van der Waals surface area contributed by atoms with Crippen LogP contribution in [0, 0.1) is 17.3 Å². The minimum atomic E-state index is -0.780. The molecule has 0 aromatic carbocycles. The van der Waals surface area contributed by atoms with Gasteiger partial charge in [-0.25, -0.2) is 4.79 Å². The zero-order valence-electron chi connectivity index (χ0n) is 10.5. The highest BCUT2D eigenvalue weighted by Crippen LogP contribution is 2.50. The minimum absolute atomic E-state index is 0.0812. The highest BCUT2D eigenvalue weighted by Gasteiger charge is 2.54. The molecule has 94 valence electrons. The number of aliphatic carboxylic acids is 1. The summed E-state index contributed by atoms with van der Waals surface area (Å²) in [7, 11) is 0. The maximum absolute atomic E-state index is 11.1. The Morgan fingerprint density at radius 1 is 1.41 bits per heavy atom. The van der Waals surface area contributed by atoms with E-state index in [4.69, 9.17) is 5.11 Å². The van der Waals surface area contributed by atoms with Crippen LogP contribution in [0.25, 0.3) is 0 Å². The van der Waals surface area contributed by atoms with Gasteiger partial charge in [0.2, 0.25) is 0 Å². The molecule has 0 aromatic heterocycles. The van der Waals surface area contributed by atoms with Crippen molar-refractivity contribution in [3.05, 3.63) is 11.6 Å². The largest absolute Gasteiger partial charge is 0.478 e. The lowest BCUT2D eigenvalue weighted by molar-refractivity contribution is -0.132. The average Bonchev–Trinajstić information content (AvgIpc) is 2.21. The maximum Gasteiger partial charge on any atom is 0.328 e. The predicted octanol–water partition coefficient (Wildman–Crippen LogP) is 0.858. The highest BCUT2D eigenvalue weighted by atomic mass is 16.4. The molecular weight excluding hydrogens is 216 g/mol. The molecule has 4 fully saturated rings. The molecule has 4 heteroatoms. The van der Waals surface area contributed by atoms with E-state index in [1.165, 1.54) is 11.6 Å². The van der Waals surface area contributed by atoms with E-state index in [1.807, 2.05) is 0 Å². The van der Waals surface area contributed by atoms with Gasteiger partial charge in [-0.05, 0) is 11.5 Å². The first-order valence-electron chi connectivity index (χ1n) is 6.41. The van der Waals surface area contributed by atoms with E-state index in [1.54, 1.807) is 0 Å². The first-order valence-corrected chi connectivity index (χ1v) is 6.41. The molecule has 4 saturated heterocycles. The van der Waals surface area contributed by atoms with Gasteiger partial charge < -0.3 is 5.11 Å². The van der Waals surface area contributed by atoms with Crippen molar-refractivity contribution in [3.63, 3.8) is 0 Å². The monoisotopic (exact) mass is 236 g/mol. The van der Waals surface area contributed by atoms with Crippen LogP contribution in [-0.2, 0) is 4.79 Å². The molecule has 4 aliphatic heterocycles. The fourth-order valence-corrected chi connectivity index (χ4v) is 4.04. The number of piperidine rings is 2. The Morgan fingerprint density at radius 2 is 2.00 bits per heavy atom. The molecule has 4 heterocycles. The topological polar surface area (TPSA) is 43.8 Å². The smallest absolute Gasteiger partial charge is 0.328 e. The molecule has 0 saturated carbocycles. The summed E-state index contributed by atoms with van der Waals surface area (Å²) in [6, 6.07) is 0. The fraction of sp³-hybridized carbons (Fsp3) is 0.769. The Morgan fingerprint density at radius 3 is 2.47 bits per heavy atom. The summed E-state index contributed by atoms with van der Waals surface area (Å²) in [5, 5.41) is 9.09. The number of hydrogen-bond donors (Lipinski definition) is 1. The van der Waals surface area contributed by atoms with Gasteiger partial charge in [-0.2, -0.15) is 0 Å². The van der Waals surface area contributed by atoms with Crippen LogP contribution in [-0.4, -0.2) is 53.7 Å².